The Morgan fingerprint density at radius 3 is 2.33 bits per heavy atom. The van der Waals surface area contributed by atoms with Crippen LogP contribution < -0.4 is 16.0 Å². The van der Waals surface area contributed by atoms with Gasteiger partial charge in [-0.1, -0.05) is 80.7 Å². The summed E-state index contributed by atoms with van der Waals surface area (Å²) in [6, 6.07) is 14.4. The van der Waals surface area contributed by atoms with Gasteiger partial charge in [-0.05, 0) is 40.8 Å². The fourth-order valence-electron chi connectivity index (χ4n) is 3.05. The van der Waals surface area contributed by atoms with E-state index in [-0.39, 0.29) is 19.0 Å². The van der Waals surface area contributed by atoms with Crippen molar-refractivity contribution in [3.63, 3.8) is 0 Å². The maximum Gasteiger partial charge on any atom is 0.239 e. The van der Waals surface area contributed by atoms with Crippen LogP contribution in [0.4, 0.5) is 11.8 Å². The molecular weight excluding hydrogens is 557 g/mol. The Morgan fingerprint density at radius 1 is 0.923 bits per heavy atom. The van der Waals surface area contributed by atoms with E-state index in [0.717, 1.165) is 11.1 Å². The van der Waals surface area contributed by atoms with Gasteiger partial charge in [0.15, 0.2) is 0 Å². The summed E-state index contributed by atoms with van der Waals surface area (Å²) in [6.07, 6.45) is 5.06. The van der Waals surface area contributed by atoms with Crippen LogP contribution in [0.2, 0.25) is 15.1 Å². The third-order valence-electron chi connectivity index (χ3n) is 4.74. The molecule has 2 aromatic heterocycles. The molecule has 4 aromatic rings. The monoisotopic (exact) mass is 587 g/mol. The molecule has 0 spiro atoms. The number of hydrogen-bond donors (Lipinski definition) is 3. The van der Waals surface area contributed by atoms with Gasteiger partial charge in [0, 0.05) is 46.6 Å². The van der Waals surface area contributed by atoms with Crippen molar-refractivity contribution in [2.75, 3.05) is 17.2 Å². The van der Waals surface area contributed by atoms with Gasteiger partial charge >= 0.3 is 0 Å². The maximum atomic E-state index is 12.4. The van der Waals surface area contributed by atoms with Gasteiger partial charge in [-0.15, -0.1) is 0 Å². The van der Waals surface area contributed by atoms with Gasteiger partial charge in [0.25, 0.3) is 0 Å². The molecule has 0 bridgehead atoms. The molecule has 0 saturated heterocycles. The molecule has 4 rings (SSSR count). The van der Waals surface area contributed by atoms with Gasteiger partial charge in [0.05, 0.1) is 6.54 Å². The van der Waals surface area contributed by atoms with Crippen molar-refractivity contribution in [3.05, 3.63) is 93.4 Å². The molecule has 206 valence electrons. The summed E-state index contributed by atoms with van der Waals surface area (Å²) in [6.45, 7) is 9.53. The Morgan fingerprint density at radius 2 is 1.67 bits per heavy atom. The Bertz CT molecular complexity index is 1370. The van der Waals surface area contributed by atoms with Crippen molar-refractivity contribution >= 4 is 52.5 Å². The van der Waals surface area contributed by atoms with Crippen LogP contribution in [0.5, 0.6) is 0 Å². The van der Waals surface area contributed by atoms with Crippen molar-refractivity contribution in [1.29, 1.82) is 0 Å². The zero-order chi connectivity index (χ0) is 28.4. The van der Waals surface area contributed by atoms with Gasteiger partial charge in [0.2, 0.25) is 11.9 Å². The summed E-state index contributed by atoms with van der Waals surface area (Å²) in [5.74, 6) is 1.24. The molecule has 8 nitrogen and oxygen atoms in total. The minimum Gasteiger partial charge on any atom is -0.361 e. The van der Waals surface area contributed by atoms with E-state index in [0.29, 0.717) is 44.6 Å². The van der Waals surface area contributed by atoms with E-state index in [9.17, 15) is 4.79 Å². The van der Waals surface area contributed by atoms with Crippen LogP contribution in [0.3, 0.4) is 0 Å². The second-order valence-electron chi connectivity index (χ2n) is 10.3. The first-order valence-corrected chi connectivity index (χ1v) is 13.4. The topological polar surface area (TPSA) is 96.8 Å². The number of halogens is 3. The lowest BCUT2D eigenvalue weighted by atomic mass is 10.0. The Balaban J connectivity index is 0.000000771. The first-order valence-electron chi connectivity index (χ1n) is 12.3. The van der Waals surface area contributed by atoms with Crippen molar-refractivity contribution in [1.82, 2.24) is 24.8 Å². The standard InChI is InChI=1S/C23H20Cl3N7O.C5H12/c24-17-3-1-2-15(8-17)11-30-23-31-20(10-21(32-23)33-7-6-27-14-33)28-13-22(34)29-12-16-4-5-18(25)9-19(16)26;1-5(2,3)4/h1-10,14H,11-13H2,(H,29,34)(H2,28,30,31,32);1-4H3. The molecule has 2 aromatic carbocycles. The Hall–Kier alpha value is -3.33. The molecule has 0 aliphatic rings. The van der Waals surface area contributed by atoms with Crippen LogP contribution in [0.15, 0.2) is 67.3 Å². The maximum absolute atomic E-state index is 12.4. The number of rotatable bonds is 9. The van der Waals surface area contributed by atoms with E-state index in [1.807, 2.05) is 24.3 Å². The van der Waals surface area contributed by atoms with E-state index >= 15 is 0 Å². The number of anilines is 2. The van der Waals surface area contributed by atoms with Gasteiger partial charge in [-0.2, -0.15) is 9.97 Å². The van der Waals surface area contributed by atoms with Gasteiger partial charge < -0.3 is 16.0 Å². The fourth-order valence-corrected chi connectivity index (χ4v) is 3.74. The number of carbonyl (C=O) groups is 1. The molecular formula is C28H32Cl3N7O. The summed E-state index contributed by atoms with van der Waals surface area (Å²) >= 11 is 18.1. The van der Waals surface area contributed by atoms with Gasteiger partial charge in [-0.3, -0.25) is 9.36 Å². The second-order valence-corrected chi connectivity index (χ2v) is 11.5. The fraction of sp³-hybridized carbons (Fsp3) is 0.286. The lowest BCUT2D eigenvalue weighted by Gasteiger charge is -2.12. The number of imidazole rings is 1. The smallest absolute Gasteiger partial charge is 0.239 e. The number of carbonyl (C=O) groups excluding carboxylic acids is 1. The lowest BCUT2D eigenvalue weighted by Crippen LogP contribution is -2.29. The Labute approximate surface area is 244 Å². The van der Waals surface area contributed by atoms with Crippen LogP contribution in [-0.2, 0) is 17.9 Å². The number of benzene rings is 2. The number of amides is 1. The average molecular weight is 589 g/mol. The highest BCUT2D eigenvalue weighted by Crippen LogP contribution is 2.21. The van der Waals surface area contributed by atoms with E-state index in [2.05, 4.69) is 58.6 Å². The number of aromatic nitrogens is 4. The molecule has 3 N–H and O–H groups in total. The average Bonchev–Trinajstić information content (AvgIpc) is 3.40. The second kappa shape index (κ2) is 14.2. The third kappa shape index (κ3) is 11.1. The number of nitrogens with zero attached hydrogens (tertiary/aromatic N) is 4. The highest BCUT2D eigenvalue weighted by Gasteiger charge is 2.09. The molecule has 0 saturated carbocycles. The van der Waals surface area contributed by atoms with Crippen LogP contribution in [-0.4, -0.2) is 32.0 Å². The third-order valence-corrected chi connectivity index (χ3v) is 5.56. The number of nitrogens with one attached hydrogen (secondary N) is 3. The van der Waals surface area contributed by atoms with E-state index in [1.54, 1.807) is 47.6 Å². The molecule has 0 aliphatic heterocycles. The van der Waals surface area contributed by atoms with E-state index < -0.39 is 0 Å². The molecule has 0 atom stereocenters. The first-order chi connectivity index (χ1) is 18.5. The van der Waals surface area contributed by atoms with Crippen molar-refractivity contribution in [2.24, 2.45) is 5.41 Å². The quantitative estimate of drug-likeness (QED) is 0.195. The molecule has 2 heterocycles. The van der Waals surface area contributed by atoms with Crippen molar-refractivity contribution < 1.29 is 4.79 Å². The normalized spacial score (nSPS) is 10.8. The van der Waals surface area contributed by atoms with E-state index in [4.69, 9.17) is 34.8 Å². The Kier molecular flexibility index (Phi) is 11.0. The highest BCUT2D eigenvalue weighted by atomic mass is 35.5. The summed E-state index contributed by atoms with van der Waals surface area (Å²) in [4.78, 5) is 25.5. The predicted octanol–water partition coefficient (Wildman–Crippen LogP) is 7.02. The van der Waals surface area contributed by atoms with Crippen molar-refractivity contribution in [2.45, 2.75) is 40.8 Å². The molecule has 39 heavy (non-hydrogen) atoms. The molecule has 11 heteroatoms. The number of hydrogen-bond acceptors (Lipinski definition) is 6. The molecule has 0 aliphatic carbocycles. The first kappa shape index (κ1) is 30.2. The van der Waals surface area contributed by atoms with Gasteiger partial charge in [0.1, 0.15) is 18.0 Å². The minimum atomic E-state index is -0.220. The summed E-state index contributed by atoms with van der Waals surface area (Å²) in [7, 11) is 0. The zero-order valence-electron chi connectivity index (χ0n) is 22.3. The lowest BCUT2D eigenvalue weighted by molar-refractivity contribution is -0.119. The largest absolute Gasteiger partial charge is 0.361 e. The summed E-state index contributed by atoms with van der Waals surface area (Å²) in [5.41, 5.74) is 2.26. The van der Waals surface area contributed by atoms with Crippen LogP contribution in [0.25, 0.3) is 5.82 Å². The predicted molar refractivity (Wildman–Crippen MR) is 160 cm³/mol. The van der Waals surface area contributed by atoms with Crippen LogP contribution in [0.1, 0.15) is 38.8 Å². The van der Waals surface area contributed by atoms with E-state index in [1.165, 1.54) is 0 Å². The van der Waals surface area contributed by atoms with Crippen LogP contribution in [0, 0.1) is 5.41 Å². The summed E-state index contributed by atoms with van der Waals surface area (Å²) < 4.78 is 1.75. The van der Waals surface area contributed by atoms with Crippen molar-refractivity contribution in [3.8, 4) is 5.82 Å². The SMILES string of the molecule is CC(C)(C)C.O=C(CNc1cc(-n2ccnc2)nc(NCc2cccc(Cl)c2)n1)NCc1ccc(Cl)cc1Cl. The van der Waals surface area contributed by atoms with Gasteiger partial charge in [-0.25, -0.2) is 4.98 Å². The minimum absolute atomic E-state index is 0.0132. The van der Waals surface area contributed by atoms with Crippen LogP contribution >= 0.6 is 34.8 Å². The zero-order valence-corrected chi connectivity index (χ0v) is 24.6. The molecule has 0 fully saturated rings. The molecule has 1 amide bonds. The highest BCUT2D eigenvalue weighted by molar-refractivity contribution is 6.35. The molecule has 0 unspecified atom stereocenters. The summed E-state index contributed by atoms with van der Waals surface area (Å²) in [5, 5.41) is 10.8. The molecule has 0 radical (unpaired) electrons.